The van der Waals surface area contributed by atoms with Gasteiger partial charge >= 0.3 is 0 Å². The normalized spacial score (nSPS) is 12.5. The number of hydrogen-bond acceptors (Lipinski definition) is 4. The van der Waals surface area contributed by atoms with E-state index in [2.05, 4.69) is 5.32 Å². The van der Waals surface area contributed by atoms with Crippen LogP contribution in [0.3, 0.4) is 0 Å². The van der Waals surface area contributed by atoms with Crippen molar-refractivity contribution in [3.8, 4) is 23.0 Å². The van der Waals surface area contributed by atoms with Gasteiger partial charge in [-0.15, -0.1) is 0 Å². The lowest BCUT2D eigenvalue weighted by atomic mass is 10.1. The highest BCUT2D eigenvalue weighted by Gasteiger charge is 2.25. The molecule has 1 heterocycles. The Morgan fingerprint density at radius 3 is 1.40 bits per heavy atom. The quantitative estimate of drug-likeness (QED) is 0.658. The Morgan fingerprint density at radius 2 is 1.00 bits per heavy atom. The Hall–Kier alpha value is -3.60. The molecule has 3 aromatic carbocycles. The lowest BCUT2D eigenvalue weighted by Gasteiger charge is -2.14. The SMILES string of the molecule is N=C1NC(=N)c2cc(Oc3ccccc3)c(Oc3ccccc3)cc21. The summed E-state index contributed by atoms with van der Waals surface area (Å²) in [6.07, 6.45) is 0. The summed E-state index contributed by atoms with van der Waals surface area (Å²) in [5, 5.41) is 18.7. The molecule has 0 spiro atoms. The Labute approximate surface area is 144 Å². The predicted molar refractivity (Wildman–Crippen MR) is 96.3 cm³/mol. The van der Waals surface area contributed by atoms with Crippen molar-refractivity contribution in [2.24, 2.45) is 0 Å². The van der Waals surface area contributed by atoms with Crippen molar-refractivity contribution in [2.75, 3.05) is 0 Å². The second kappa shape index (κ2) is 6.13. The summed E-state index contributed by atoms with van der Waals surface area (Å²) in [7, 11) is 0. The van der Waals surface area contributed by atoms with Crippen molar-refractivity contribution < 1.29 is 9.47 Å². The lowest BCUT2D eigenvalue weighted by molar-refractivity contribution is 0.418. The second-order valence-corrected chi connectivity index (χ2v) is 5.55. The van der Waals surface area contributed by atoms with E-state index in [1.807, 2.05) is 60.7 Å². The van der Waals surface area contributed by atoms with Crippen LogP contribution in [0.15, 0.2) is 72.8 Å². The summed E-state index contributed by atoms with van der Waals surface area (Å²) in [5.74, 6) is 2.71. The average Bonchev–Trinajstić information content (AvgIpc) is 2.90. The first-order chi connectivity index (χ1) is 12.2. The topological polar surface area (TPSA) is 78.2 Å². The fraction of sp³-hybridized carbons (Fsp3) is 0. The predicted octanol–water partition coefficient (Wildman–Crippen LogP) is 4.53. The summed E-state index contributed by atoms with van der Waals surface area (Å²) >= 11 is 0. The van der Waals surface area contributed by atoms with Crippen LogP contribution in [0, 0.1) is 10.8 Å². The minimum Gasteiger partial charge on any atom is -0.453 e. The van der Waals surface area contributed by atoms with Gasteiger partial charge in [0.1, 0.15) is 23.2 Å². The maximum absolute atomic E-state index is 7.98. The van der Waals surface area contributed by atoms with Crippen LogP contribution in [-0.2, 0) is 0 Å². The molecule has 0 unspecified atom stereocenters. The van der Waals surface area contributed by atoms with E-state index in [4.69, 9.17) is 20.3 Å². The van der Waals surface area contributed by atoms with Gasteiger partial charge in [-0.1, -0.05) is 36.4 Å². The summed E-state index contributed by atoms with van der Waals surface area (Å²) in [4.78, 5) is 0. The molecule has 0 fully saturated rings. The third-order valence-corrected chi connectivity index (χ3v) is 3.81. The molecule has 5 nitrogen and oxygen atoms in total. The van der Waals surface area contributed by atoms with Crippen molar-refractivity contribution in [2.45, 2.75) is 0 Å². The largest absolute Gasteiger partial charge is 0.453 e. The molecule has 0 bridgehead atoms. The van der Waals surface area contributed by atoms with Crippen LogP contribution in [0.2, 0.25) is 0 Å². The van der Waals surface area contributed by atoms with Crippen LogP contribution in [0.5, 0.6) is 23.0 Å². The smallest absolute Gasteiger partial charge is 0.170 e. The van der Waals surface area contributed by atoms with Crippen LogP contribution in [0.1, 0.15) is 11.1 Å². The van der Waals surface area contributed by atoms with Crippen LogP contribution >= 0.6 is 0 Å². The Kier molecular flexibility index (Phi) is 3.67. The second-order valence-electron chi connectivity index (χ2n) is 5.55. The van der Waals surface area contributed by atoms with Gasteiger partial charge in [-0.2, -0.15) is 0 Å². The average molecular weight is 329 g/mol. The van der Waals surface area contributed by atoms with Gasteiger partial charge in [0, 0.05) is 11.1 Å². The molecular formula is C20H15N3O2. The highest BCUT2D eigenvalue weighted by Crippen LogP contribution is 2.38. The van der Waals surface area contributed by atoms with Crippen molar-refractivity contribution in [1.82, 2.24) is 5.32 Å². The number of amidine groups is 2. The number of hydrogen-bond donors (Lipinski definition) is 3. The fourth-order valence-corrected chi connectivity index (χ4v) is 2.62. The lowest BCUT2D eigenvalue weighted by Crippen LogP contribution is -2.20. The summed E-state index contributed by atoms with van der Waals surface area (Å²) in [6.45, 7) is 0. The maximum atomic E-state index is 7.98. The molecule has 0 atom stereocenters. The van der Waals surface area contributed by atoms with Crippen molar-refractivity contribution in [1.29, 1.82) is 10.8 Å². The summed E-state index contributed by atoms with van der Waals surface area (Å²) in [5.41, 5.74) is 1.24. The zero-order valence-corrected chi connectivity index (χ0v) is 13.2. The van der Waals surface area contributed by atoms with E-state index in [9.17, 15) is 0 Å². The zero-order chi connectivity index (χ0) is 17.2. The standard InChI is InChI=1S/C20H15N3O2/c21-19-15-11-17(24-13-7-3-1-4-8-13)18(12-16(15)20(22)23-19)25-14-9-5-2-6-10-14/h1-12H,(H3,21,22,23). The number of para-hydroxylation sites is 2. The molecule has 5 heteroatoms. The van der Waals surface area contributed by atoms with Gasteiger partial charge in [0.05, 0.1) is 0 Å². The van der Waals surface area contributed by atoms with E-state index in [0.717, 1.165) is 0 Å². The first kappa shape index (κ1) is 15.0. The first-order valence-electron chi connectivity index (χ1n) is 7.79. The van der Waals surface area contributed by atoms with Gasteiger partial charge in [0.15, 0.2) is 11.5 Å². The Bertz CT molecular complexity index is 875. The van der Waals surface area contributed by atoms with E-state index in [-0.39, 0.29) is 11.7 Å². The molecule has 25 heavy (non-hydrogen) atoms. The number of rotatable bonds is 4. The molecule has 3 N–H and O–H groups in total. The molecule has 3 aromatic rings. The molecule has 0 saturated carbocycles. The van der Waals surface area contributed by atoms with E-state index in [1.165, 1.54) is 0 Å². The highest BCUT2D eigenvalue weighted by molar-refractivity contribution is 6.23. The Morgan fingerprint density at radius 1 is 0.600 bits per heavy atom. The van der Waals surface area contributed by atoms with Crippen molar-refractivity contribution in [3.63, 3.8) is 0 Å². The molecule has 0 aromatic heterocycles. The summed E-state index contributed by atoms with van der Waals surface area (Å²) in [6, 6.07) is 22.3. The molecule has 0 saturated heterocycles. The van der Waals surface area contributed by atoms with Gasteiger partial charge in [0.2, 0.25) is 0 Å². The number of benzene rings is 3. The molecule has 0 radical (unpaired) electrons. The van der Waals surface area contributed by atoms with Crippen LogP contribution in [0.4, 0.5) is 0 Å². The van der Waals surface area contributed by atoms with E-state index in [1.54, 1.807) is 12.1 Å². The maximum Gasteiger partial charge on any atom is 0.170 e. The Balaban J connectivity index is 1.78. The first-order valence-corrected chi connectivity index (χ1v) is 7.79. The van der Waals surface area contributed by atoms with Crippen LogP contribution < -0.4 is 14.8 Å². The zero-order valence-electron chi connectivity index (χ0n) is 13.2. The third-order valence-electron chi connectivity index (χ3n) is 3.81. The molecule has 4 rings (SSSR count). The number of fused-ring (bicyclic) bond motifs is 1. The van der Waals surface area contributed by atoms with Gasteiger partial charge in [-0.3, -0.25) is 10.8 Å². The number of ether oxygens (including phenoxy) is 2. The minimum atomic E-state index is 0.184. The summed E-state index contributed by atoms with van der Waals surface area (Å²) < 4.78 is 11.9. The molecule has 1 aliphatic heterocycles. The third kappa shape index (κ3) is 2.95. The molecule has 122 valence electrons. The highest BCUT2D eigenvalue weighted by atomic mass is 16.5. The van der Waals surface area contributed by atoms with Gasteiger partial charge in [-0.05, 0) is 36.4 Å². The van der Waals surface area contributed by atoms with E-state index < -0.39 is 0 Å². The fourth-order valence-electron chi connectivity index (χ4n) is 2.62. The molecule has 0 aliphatic carbocycles. The van der Waals surface area contributed by atoms with Crippen molar-refractivity contribution >= 4 is 11.7 Å². The minimum absolute atomic E-state index is 0.184. The molecule has 0 amide bonds. The van der Waals surface area contributed by atoms with Crippen LogP contribution in [-0.4, -0.2) is 11.7 Å². The van der Waals surface area contributed by atoms with Gasteiger partial charge in [-0.25, -0.2) is 0 Å². The monoisotopic (exact) mass is 329 g/mol. The van der Waals surface area contributed by atoms with Gasteiger partial charge < -0.3 is 14.8 Å². The molecule has 1 aliphatic rings. The van der Waals surface area contributed by atoms with E-state index >= 15 is 0 Å². The van der Waals surface area contributed by atoms with Crippen LogP contribution in [0.25, 0.3) is 0 Å². The number of nitrogens with one attached hydrogen (secondary N) is 3. The van der Waals surface area contributed by atoms with Gasteiger partial charge in [0.25, 0.3) is 0 Å². The molecular weight excluding hydrogens is 314 g/mol. The van der Waals surface area contributed by atoms with Crippen molar-refractivity contribution in [3.05, 3.63) is 83.9 Å². The van der Waals surface area contributed by atoms with E-state index in [0.29, 0.717) is 34.1 Å².